The van der Waals surface area contributed by atoms with E-state index in [1.807, 2.05) is 6.07 Å². The van der Waals surface area contributed by atoms with Crippen molar-refractivity contribution in [1.29, 1.82) is 10.5 Å². The van der Waals surface area contributed by atoms with Crippen LogP contribution in [-0.4, -0.2) is 27.8 Å². The summed E-state index contributed by atoms with van der Waals surface area (Å²) in [6, 6.07) is 8.63. The predicted molar refractivity (Wildman–Crippen MR) is 115 cm³/mol. The molecule has 1 atom stereocenters. The lowest BCUT2D eigenvalue weighted by molar-refractivity contribution is -0.730. The number of halogens is 3. The molecule has 0 bridgehead atoms. The minimum Gasteiger partial charge on any atom is -0.404 e. The second-order valence-electron chi connectivity index (χ2n) is 6.83. The Bertz CT molecular complexity index is 1440. The van der Waals surface area contributed by atoms with Crippen LogP contribution >= 0.6 is 11.8 Å². The molecule has 0 saturated heterocycles. The maximum Gasteiger partial charge on any atom is 0.573 e. The number of aromatic nitrogens is 3. The molecule has 0 aliphatic rings. The number of hydrogen-bond donors (Lipinski definition) is 3. The van der Waals surface area contributed by atoms with Crippen LogP contribution in [0.1, 0.15) is 18.1 Å². The number of benzene rings is 1. The molecule has 0 radical (unpaired) electrons. The van der Waals surface area contributed by atoms with E-state index in [9.17, 15) is 33.3 Å². The molecular formula is C20H15F3N7O4S+. The Morgan fingerprint density at radius 3 is 2.54 bits per heavy atom. The van der Waals surface area contributed by atoms with Gasteiger partial charge >= 0.3 is 17.7 Å². The lowest BCUT2D eigenvalue weighted by atomic mass is 10.0. The average molecular weight is 506 g/mol. The first kappa shape index (κ1) is 25.1. The number of rotatable bonds is 6. The van der Waals surface area contributed by atoms with Gasteiger partial charge < -0.3 is 15.8 Å². The van der Waals surface area contributed by atoms with Crippen molar-refractivity contribution in [2.45, 2.75) is 23.6 Å². The number of para-hydroxylation sites is 2. The van der Waals surface area contributed by atoms with Gasteiger partial charge in [-0.1, -0.05) is 28.6 Å². The number of nitrogens with two attached hydrogens (primary N) is 1. The first-order chi connectivity index (χ1) is 16.5. The van der Waals surface area contributed by atoms with Gasteiger partial charge in [-0.3, -0.25) is 9.32 Å². The van der Waals surface area contributed by atoms with Gasteiger partial charge in [-0.05, 0) is 24.3 Å². The maximum absolute atomic E-state index is 12.7. The molecule has 2 aromatic heterocycles. The molecule has 0 aliphatic heterocycles. The standard InChI is InChI=1S/C20H14F3N7O4S/c1-9(17(31)27-12-5-3-4-6-13(12)33-20(21,22)23)35-18-11(8-25)14(10(7-24)16(26)28-18)15-19(32)34-29-30(15)2/h3-6,9H,1-2H3,(H3-,26,27,28,29,31,32)/p+1. The molecular weight excluding hydrogens is 491 g/mol. The Labute approximate surface area is 198 Å². The van der Waals surface area contributed by atoms with Gasteiger partial charge in [0.15, 0.2) is 12.8 Å². The van der Waals surface area contributed by atoms with Crippen LogP contribution in [0.4, 0.5) is 24.7 Å². The molecule has 2 heterocycles. The Morgan fingerprint density at radius 2 is 1.97 bits per heavy atom. The van der Waals surface area contributed by atoms with Gasteiger partial charge in [-0.2, -0.15) is 10.5 Å². The number of hydrogen-bond acceptors (Lipinski definition) is 9. The van der Waals surface area contributed by atoms with Gasteiger partial charge in [0, 0.05) is 0 Å². The van der Waals surface area contributed by atoms with Gasteiger partial charge in [0.1, 0.15) is 34.1 Å². The lowest BCUT2D eigenvalue weighted by Gasteiger charge is -2.16. The van der Waals surface area contributed by atoms with Crippen LogP contribution in [0.5, 0.6) is 5.75 Å². The Hall–Kier alpha value is -4.50. The summed E-state index contributed by atoms with van der Waals surface area (Å²) < 4.78 is 47.7. The molecule has 15 heteroatoms. The molecule has 180 valence electrons. The zero-order valence-electron chi connectivity index (χ0n) is 17.9. The second-order valence-corrected chi connectivity index (χ2v) is 8.16. The van der Waals surface area contributed by atoms with Crippen molar-refractivity contribution in [3.63, 3.8) is 0 Å². The third-order valence-corrected chi connectivity index (χ3v) is 5.57. The summed E-state index contributed by atoms with van der Waals surface area (Å²) in [6.45, 7) is 1.41. The van der Waals surface area contributed by atoms with E-state index in [1.54, 1.807) is 6.07 Å². The number of thioether (sulfide) groups is 1. The zero-order chi connectivity index (χ0) is 25.9. The van der Waals surface area contributed by atoms with E-state index in [0.29, 0.717) is 0 Å². The summed E-state index contributed by atoms with van der Waals surface area (Å²) in [7, 11) is 1.41. The summed E-state index contributed by atoms with van der Waals surface area (Å²) in [5.74, 6) is -1.66. The van der Waals surface area contributed by atoms with Crippen LogP contribution in [0.2, 0.25) is 0 Å². The van der Waals surface area contributed by atoms with E-state index in [0.717, 1.165) is 22.5 Å². The summed E-state index contributed by atoms with van der Waals surface area (Å²) in [4.78, 5) is 29.0. The van der Waals surface area contributed by atoms with Gasteiger partial charge in [0.25, 0.3) is 0 Å². The largest absolute Gasteiger partial charge is 0.573 e. The van der Waals surface area contributed by atoms with E-state index in [4.69, 9.17) is 10.3 Å². The van der Waals surface area contributed by atoms with E-state index in [2.05, 4.69) is 20.3 Å². The van der Waals surface area contributed by atoms with Crippen LogP contribution < -0.4 is 26.1 Å². The highest BCUT2D eigenvalue weighted by Gasteiger charge is 2.34. The maximum atomic E-state index is 12.7. The van der Waals surface area contributed by atoms with Crippen molar-refractivity contribution in [2.24, 2.45) is 7.05 Å². The molecule has 11 nitrogen and oxygen atoms in total. The van der Waals surface area contributed by atoms with Crippen molar-refractivity contribution >= 4 is 29.2 Å². The number of carbonyl (C=O) groups is 1. The van der Waals surface area contributed by atoms with Crippen LogP contribution in [-0.2, 0) is 11.8 Å². The summed E-state index contributed by atoms with van der Waals surface area (Å²) in [6.07, 6.45) is -4.97. The highest BCUT2D eigenvalue weighted by atomic mass is 32.2. The molecule has 35 heavy (non-hydrogen) atoms. The number of aryl methyl sites for hydroxylation is 1. The van der Waals surface area contributed by atoms with E-state index in [-0.39, 0.29) is 38.9 Å². The molecule has 4 N–H and O–H groups in total. The van der Waals surface area contributed by atoms with Crippen molar-refractivity contribution < 1.29 is 31.9 Å². The molecule has 1 unspecified atom stereocenters. The Balaban J connectivity index is 1.97. The lowest BCUT2D eigenvalue weighted by Crippen LogP contribution is -2.34. The number of nitriles is 2. The van der Waals surface area contributed by atoms with E-state index in [1.165, 1.54) is 32.2 Å². The Morgan fingerprint density at radius 1 is 1.31 bits per heavy atom. The normalized spacial score (nSPS) is 11.9. The van der Waals surface area contributed by atoms with Gasteiger partial charge in [-0.25, -0.2) is 9.78 Å². The van der Waals surface area contributed by atoms with Crippen LogP contribution in [0, 0.1) is 22.7 Å². The number of nitrogens with zero attached hydrogens (tertiary/aromatic N) is 4. The number of carbonyl (C=O) groups excluding carboxylic acids is 1. The minimum absolute atomic E-state index is 0.0814. The highest BCUT2D eigenvalue weighted by Crippen LogP contribution is 2.36. The quantitative estimate of drug-likeness (QED) is 0.334. The van der Waals surface area contributed by atoms with Crippen molar-refractivity contribution in [3.8, 4) is 29.1 Å². The van der Waals surface area contributed by atoms with Crippen LogP contribution in [0.25, 0.3) is 11.3 Å². The van der Waals surface area contributed by atoms with E-state index < -0.39 is 28.9 Å². The Kier molecular flexibility index (Phi) is 7.02. The first-order valence-corrected chi connectivity index (χ1v) is 10.4. The molecule has 1 amide bonds. The van der Waals surface area contributed by atoms with Crippen LogP contribution in [0.3, 0.4) is 0 Å². The molecule has 0 fully saturated rings. The van der Waals surface area contributed by atoms with Crippen LogP contribution in [0.15, 0.2) is 38.6 Å². The SMILES string of the molecule is CC(Sc1nc(N)c(C#N)c(-c2c(=O)o[nH][n+]2C)c1C#N)C(=O)Nc1ccccc1OC(F)(F)F. The zero-order valence-corrected chi connectivity index (χ0v) is 18.7. The molecule has 1 aromatic carbocycles. The molecule has 3 rings (SSSR count). The molecule has 3 aromatic rings. The summed E-state index contributed by atoms with van der Waals surface area (Å²) >= 11 is 0.747. The smallest absolute Gasteiger partial charge is 0.404 e. The molecule has 0 saturated carbocycles. The number of amides is 1. The fourth-order valence-corrected chi connectivity index (χ4v) is 3.89. The fourth-order valence-electron chi connectivity index (χ4n) is 2.97. The number of nitrogen functional groups attached to an aromatic ring is 1. The minimum atomic E-state index is -4.97. The fraction of sp³-hybridized carbons (Fsp3) is 0.200. The summed E-state index contributed by atoms with van der Waals surface area (Å²) in [5.41, 5.74) is 3.99. The molecule has 0 aliphatic carbocycles. The van der Waals surface area contributed by atoms with Crippen molar-refractivity contribution in [3.05, 3.63) is 45.8 Å². The average Bonchev–Trinajstić information content (AvgIpc) is 3.11. The van der Waals surface area contributed by atoms with Gasteiger partial charge in [0.2, 0.25) is 5.91 Å². The number of ether oxygens (including phenoxy) is 1. The van der Waals surface area contributed by atoms with Gasteiger partial charge in [0.05, 0.1) is 16.5 Å². The van der Waals surface area contributed by atoms with Crippen molar-refractivity contribution in [1.82, 2.24) is 10.3 Å². The number of anilines is 2. The van der Waals surface area contributed by atoms with E-state index >= 15 is 0 Å². The number of nitrogens with one attached hydrogen (secondary N) is 2. The predicted octanol–water partition coefficient (Wildman–Crippen LogP) is 2.20. The number of pyridine rings is 1. The highest BCUT2D eigenvalue weighted by molar-refractivity contribution is 8.00. The number of alkyl halides is 3. The third-order valence-electron chi connectivity index (χ3n) is 4.48. The summed E-state index contributed by atoms with van der Waals surface area (Å²) in [5, 5.41) is 22.8. The third kappa shape index (κ3) is 5.36. The number of H-pyrrole nitrogens is 1. The molecule has 0 spiro atoms. The van der Waals surface area contributed by atoms with Gasteiger partial charge in [-0.15, -0.1) is 13.2 Å². The number of aromatic amines is 1. The first-order valence-electron chi connectivity index (χ1n) is 9.50. The van der Waals surface area contributed by atoms with Crippen molar-refractivity contribution in [2.75, 3.05) is 11.1 Å². The second kappa shape index (κ2) is 9.78. The topological polar surface area (TPSA) is 175 Å². The monoisotopic (exact) mass is 506 g/mol.